The predicted octanol–water partition coefficient (Wildman–Crippen LogP) is 0.996. The molecule has 91 valence electrons. The number of pyridine rings is 1. The Morgan fingerprint density at radius 2 is 2.22 bits per heavy atom. The first-order chi connectivity index (χ1) is 8.53. The van der Waals surface area contributed by atoms with Crippen molar-refractivity contribution in [3.8, 4) is 0 Å². The van der Waals surface area contributed by atoms with E-state index >= 15 is 0 Å². The maximum Gasteiger partial charge on any atom is 0.445 e. The van der Waals surface area contributed by atoms with Crippen LogP contribution >= 0.6 is 0 Å². The lowest BCUT2D eigenvalue weighted by atomic mass is 10.2. The van der Waals surface area contributed by atoms with Crippen molar-refractivity contribution in [2.45, 2.75) is 13.5 Å². The first kappa shape index (κ1) is 12.1. The van der Waals surface area contributed by atoms with Crippen molar-refractivity contribution in [1.29, 1.82) is 0 Å². The van der Waals surface area contributed by atoms with Gasteiger partial charge in [0.05, 0.1) is 18.0 Å². The molecule has 2 amide bonds. The third-order valence-electron chi connectivity index (χ3n) is 2.58. The zero-order valence-corrected chi connectivity index (χ0v) is 9.83. The number of allylic oxidation sites excluding steroid dienone is 1. The summed E-state index contributed by atoms with van der Waals surface area (Å²) in [5.41, 5.74) is 6.25. The largest absolute Gasteiger partial charge is 0.445 e. The van der Waals surface area contributed by atoms with Crippen LogP contribution in [0.2, 0.25) is 0 Å². The van der Waals surface area contributed by atoms with Gasteiger partial charge in [-0.05, 0) is 12.1 Å². The first-order valence-corrected chi connectivity index (χ1v) is 5.33. The van der Waals surface area contributed by atoms with Gasteiger partial charge in [0.25, 0.3) is 0 Å². The summed E-state index contributed by atoms with van der Waals surface area (Å²) in [5, 5.41) is 3.98. The SMILES string of the molecule is CC(=O)c1cccc(C[N+]2(C(N)=O)C=[C]C=N2)n1. The molecule has 2 rings (SSSR count). The molecular weight excluding hydrogens is 232 g/mol. The van der Waals surface area contributed by atoms with E-state index in [0.717, 1.165) is 0 Å². The average Bonchev–Trinajstić information content (AvgIpc) is 2.79. The van der Waals surface area contributed by atoms with E-state index in [4.69, 9.17) is 5.73 Å². The van der Waals surface area contributed by atoms with Gasteiger partial charge in [-0.3, -0.25) is 4.79 Å². The fourth-order valence-electron chi connectivity index (χ4n) is 1.62. The number of nitrogens with two attached hydrogens (primary N) is 1. The van der Waals surface area contributed by atoms with Gasteiger partial charge >= 0.3 is 6.03 Å². The van der Waals surface area contributed by atoms with E-state index in [1.54, 1.807) is 18.2 Å². The summed E-state index contributed by atoms with van der Waals surface area (Å²) < 4.78 is -0.408. The van der Waals surface area contributed by atoms with Gasteiger partial charge in [-0.25, -0.2) is 9.78 Å². The van der Waals surface area contributed by atoms with E-state index in [9.17, 15) is 9.59 Å². The van der Waals surface area contributed by atoms with Crippen molar-refractivity contribution in [3.05, 3.63) is 41.9 Å². The molecule has 2 N–H and O–H groups in total. The summed E-state index contributed by atoms with van der Waals surface area (Å²) in [7, 11) is 0. The number of rotatable bonds is 3. The van der Waals surface area contributed by atoms with Crippen LogP contribution in [0, 0.1) is 6.08 Å². The molecule has 6 nitrogen and oxygen atoms in total. The Bertz CT molecular complexity index is 551. The molecule has 1 aromatic heterocycles. The zero-order chi connectivity index (χ0) is 13.2. The van der Waals surface area contributed by atoms with E-state index < -0.39 is 10.6 Å². The minimum absolute atomic E-state index is 0.130. The normalized spacial score (nSPS) is 21.2. The number of aromatic nitrogens is 1. The molecule has 1 aliphatic rings. The summed E-state index contributed by atoms with van der Waals surface area (Å²) in [5.74, 6) is -0.130. The Hall–Kier alpha value is -2.34. The van der Waals surface area contributed by atoms with Gasteiger partial charge < -0.3 is 5.73 Å². The molecule has 0 fully saturated rings. The van der Waals surface area contributed by atoms with E-state index in [2.05, 4.69) is 16.2 Å². The predicted molar refractivity (Wildman–Crippen MR) is 64.1 cm³/mol. The lowest BCUT2D eigenvalue weighted by molar-refractivity contribution is -0.815. The Labute approximate surface area is 104 Å². The Balaban J connectivity index is 2.31. The molecule has 2 heterocycles. The third-order valence-corrected chi connectivity index (χ3v) is 2.58. The van der Waals surface area contributed by atoms with Crippen LogP contribution in [0.25, 0.3) is 0 Å². The van der Waals surface area contributed by atoms with Gasteiger partial charge in [-0.2, -0.15) is 0 Å². The van der Waals surface area contributed by atoms with Crippen LogP contribution in [-0.4, -0.2) is 27.6 Å². The lowest BCUT2D eigenvalue weighted by Crippen LogP contribution is -2.45. The van der Waals surface area contributed by atoms with Crippen LogP contribution in [0.4, 0.5) is 4.79 Å². The highest BCUT2D eigenvalue weighted by atomic mass is 16.2. The summed E-state index contributed by atoms with van der Waals surface area (Å²) in [6, 6.07) is 4.43. The van der Waals surface area contributed by atoms with E-state index in [1.165, 1.54) is 19.3 Å². The molecule has 1 radical (unpaired) electrons. The van der Waals surface area contributed by atoms with Crippen LogP contribution in [0.5, 0.6) is 0 Å². The Morgan fingerprint density at radius 1 is 1.44 bits per heavy atom. The second-order valence-corrected chi connectivity index (χ2v) is 3.93. The Kier molecular flexibility index (Phi) is 3.03. The van der Waals surface area contributed by atoms with Gasteiger partial charge in [0, 0.05) is 6.92 Å². The van der Waals surface area contributed by atoms with Crippen LogP contribution in [0.15, 0.2) is 29.5 Å². The van der Waals surface area contributed by atoms with E-state index in [-0.39, 0.29) is 12.3 Å². The lowest BCUT2D eigenvalue weighted by Gasteiger charge is -2.19. The molecular formula is C12H12N4O2+. The Morgan fingerprint density at radius 3 is 2.78 bits per heavy atom. The van der Waals surface area contributed by atoms with Gasteiger partial charge in [0.2, 0.25) is 0 Å². The fourth-order valence-corrected chi connectivity index (χ4v) is 1.62. The highest BCUT2D eigenvalue weighted by Gasteiger charge is 2.36. The van der Waals surface area contributed by atoms with Crippen molar-refractivity contribution in [3.63, 3.8) is 0 Å². The first-order valence-electron chi connectivity index (χ1n) is 5.33. The summed E-state index contributed by atoms with van der Waals surface area (Å²) >= 11 is 0. The number of hydrogen-bond donors (Lipinski definition) is 1. The number of carbonyl (C=O) groups is 2. The van der Waals surface area contributed by atoms with Gasteiger partial charge in [-0.1, -0.05) is 15.8 Å². The number of urea groups is 1. The van der Waals surface area contributed by atoms with Crippen LogP contribution < -0.4 is 5.73 Å². The highest BCUT2D eigenvalue weighted by molar-refractivity contribution is 5.92. The summed E-state index contributed by atoms with van der Waals surface area (Å²) in [6.07, 6.45) is 5.56. The monoisotopic (exact) mass is 244 g/mol. The number of carbonyl (C=O) groups excluding carboxylic acids is 2. The number of primary amides is 1. The molecule has 0 aromatic carbocycles. The highest BCUT2D eigenvalue weighted by Crippen LogP contribution is 2.18. The number of Topliss-reactive ketones (excluding diaryl/α,β-unsaturated/α-hetero) is 1. The van der Waals surface area contributed by atoms with Gasteiger partial charge in [-0.15, -0.1) is 0 Å². The molecule has 1 atom stereocenters. The summed E-state index contributed by atoms with van der Waals surface area (Å²) in [4.78, 5) is 26.9. The van der Waals surface area contributed by atoms with Crippen molar-refractivity contribution in [1.82, 2.24) is 4.98 Å². The minimum atomic E-state index is -0.619. The maximum absolute atomic E-state index is 11.5. The molecule has 0 bridgehead atoms. The molecule has 0 saturated carbocycles. The second kappa shape index (κ2) is 4.50. The van der Waals surface area contributed by atoms with Crippen molar-refractivity contribution in [2.24, 2.45) is 10.8 Å². The number of nitrogens with zero attached hydrogens (tertiary/aromatic N) is 3. The molecule has 1 unspecified atom stereocenters. The third kappa shape index (κ3) is 2.18. The smallest absolute Gasteiger partial charge is 0.316 e. The molecule has 0 aliphatic carbocycles. The van der Waals surface area contributed by atoms with Crippen molar-refractivity contribution >= 4 is 18.0 Å². The molecule has 6 heteroatoms. The van der Waals surface area contributed by atoms with E-state index in [0.29, 0.717) is 11.4 Å². The van der Waals surface area contributed by atoms with Crippen LogP contribution in [-0.2, 0) is 6.54 Å². The molecule has 0 saturated heterocycles. The topological polar surface area (TPSA) is 85.4 Å². The van der Waals surface area contributed by atoms with E-state index in [1.807, 2.05) is 0 Å². The molecule has 0 spiro atoms. The van der Waals surface area contributed by atoms with Crippen LogP contribution in [0.1, 0.15) is 23.1 Å². The molecule has 1 aromatic rings. The zero-order valence-electron chi connectivity index (χ0n) is 9.83. The quantitative estimate of drug-likeness (QED) is 0.635. The average molecular weight is 244 g/mol. The number of amides is 2. The fraction of sp³-hybridized carbons (Fsp3) is 0.167. The summed E-state index contributed by atoms with van der Waals surface area (Å²) in [6.45, 7) is 1.60. The van der Waals surface area contributed by atoms with Crippen molar-refractivity contribution in [2.75, 3.05) is 0 Å². The molecule has 18 heavy (non-hydrogen) atoms. The number of hydrogen-bond acceptors (Lipinski definition) is 4. The van der Waals surface area contributed by atoms with Gasteiger partial charge in [0.1, 0.15) is 11.9 Å². The van der Waals surface area contributed by atoms with Crippen LogP contribution in [0.3, 0.4) is 0 Å². The number of ketones is 1. The maximum atomic E-state index is 11.5. The van der Waals surface area contributed by atoms with Gasteiger partial charge in [0.15, 0.2) is 12.3 Å². The molecule has 1 aliphatic heterocycles. The standard InChI is InChI=1S/C12H11N4O2/c1-9(17)11-5-2-4-10(15-11)8-16(12(13)18)7-3-6-14-16/h2,4-7H,8H2,1H3,(H-,13,18)/p+1. The van der Waals surface area contributed by atoms with Crippen molar-refractivity contribution < 1.29 is 14.2 Å². The number of quaternary nitrogens is 1. The second-order valence-electron chi connectivity index (χ2n) is 3.93. The minimum Gasteiger partial charge on any atom is -0.316 e.